The highest BCUT2D eigenvalue weighted by Crippen LogP contribution is 2.36. The average molecular weight is 733 g/mol. The van der Waals surface area contributed by atoms with E-state index in [1.165, 1.54) is 36.4 Å². The van der Waals surface area contributed by atoms with Crippen LogP contribution in [0.1, 0.15) is 34.1 Å². The smallest absolute Gasteiger partial charge is 0.338 e. The first-order valence-corrected chi connectivity index (χ1v) is 17.2. The van der Waals surface area contributed by atoms with E-state index in [9.17, 15) is 30.8 Å². The van der Waals surface area contributed by atoms with Gasteiger partial charge in [0.15, 0.2) is 9.84 Å². The van der Waals surface area contributed by atoms with Crippen LogP contribution in [0.25, 0.3) is 16.9 Å². The molecule has 0 aliphatic carbocycles. The lowest BCUT2D eigenvalue weighted by atomic mass is 10.1. The van der Waals surface area contributed by atoms with Crippen LogP contribution < -0.4 is 4.74 Å². The van der Waals surface area contributed by atoms with E-state index in [0.717, 1.165) is 30.1 Å². The van der Waals surface area contributed by atoms with Crippen molar-refractivity contribution in [3.05, 3.63) is 137 Å². The van der Waals surface area contributed by atoms with Crippen molar-refractivity contribution in [2.24, 2.45) is 0 Å². The van der Waals surface area contributed by atoms with Crippen LogP contribution in [-0.4, -0.2) is 31.8 Å². The summed E-state index contributed by atoms with van der Waals surface area (Å²) < 4.78 is 89.9. The molecule has 0 radical (unpaired) electrons. The molecular weight excluding hydrogens is 702 g/mol. The van der Waals surface area contributed by atoms with Crippen molar-refractivity contribution in [1.82, 2.24) is 4.57 Å². The number of hydrogen-bond donors (Lipinski definition) is 0. The molecule has 5 rings (SSSR count). The first kappa shape index (κ1) is 35.4. The fourth-order valence-corrected chi connectivity index (χ4v) is 5.67. The molecule has 246 valence electrons. The number of rotatable bonds is 9. The summed E-state index contributed by atoms with van der Waals surface area (Å²) in [5, 5.41) is 0.416. The highest BCUT2D eigenvalue weighted by atomic mass is 79.9. The third kappa shape index (κ3) is 8.89. The second-order valence-corrected chi connectivity index (χ2v) is 12.9. The largest absolute Gasteiger partial charge is 0.488 e. The molecule has 0 aliphatic rings. The van der Waals surface area contributed by atoms with Crippen molar-refractivity contribution in [3.63, 3.8) is 0 Å². The fraction of sp³-hybridized carbons (Fsp3) is 0.171. The van der Waals surface area contributed by atoms with Gasteiger partial charge in [-0.05, 0) is 86.1 Å². The van der Waals surface area contributed by atoms with E-state index in [1.54, 1.807) is 31.2 Å². The zero-order valence-corrected chi connectivity index (χ0v) is 28.0. The topological polar surface area (TPSA) is 74.6 Å². The summed E-state index contributed by atoms with van der Waals surface area (Å²) in [6.45, 7) is 3.64. The maximum atomic E-state index is 14.2. The van der Waals surface area contributed by atoms with Gasteiger partial charge in [0.2, 0.25) is 0 Å². The molecule has 0 fully saturated rings. The van der Waals surface area contributed by atoms with E-state index in [0.29, 0.717) is 39.2 Å². The molecule has 5 aromatic rings. The van der Waals surface area contributed by atoms with Crippen molar-refractivity contribution >= 4 is 31.7 Å². The van der Waals surface area contributed by atoms with Crippen LogP contribution in [0, 0.1) is 30.2 Å². The van der Waals surface area contributed by atoms with Gasteiger partial charge in [-0.3, -0.25) is 0 Å². The SMILES string of the molecule is CCOC(=O)c1cccc(-n2c(C)ccc2-c2cc(S(C)(=O)=O)ccc2OCc2ccc(F)cc2F)c1.Fc1ccc(CBr)c(F)c1. The van der Waals surface area contributed by atoms with Crippen molar-refractivity contribution in [1.29, 1.82) is 0 Å². The number of carbonyl (C=O) groups excluding carboxylic acids is 1. The molecule has 0 aliphatic heterocycles. The summed E-state index contributed by atoms with van der Waals surface area (Å²) in [7, 11) is -3.55. The summed E-state index contributed by atoms with van der Waals surface area (Å²) >= 11 is 3.07. The normalized spacial score (nSPS) is 11.1. The average Bonchev–Trinajstić information content (AvgIpc) is 3.41. The van der Waals surface area contributed by atoms with Crippen LogP contribution >= 0.6 is 15.9 Å². The summed E-state index contributed by atoms with van der Waals surface area (Å²) in [6.07, 6.45) is 1.10. The molecule has 6 nitrogen and oxygen atoms in total. The zero-order valence-electron chi connectivity index (χ0n) is 25.6. The minimum absolute atomic E-state index is 0.0773. The van der Waals surface area contributed by atoms with Crippen LogP contribution in [0.3, 0.4) is 0 Å². The molecule has 0 saturated heterocycles. The zero-order chi connectivity index (χ0) is 34.3. The lowest BCUT2D eigenvalue weighted by Crippen LogP contribution is -2.07. The Bertz CT molecular complexity index is 2010. The first-order chi connectivity index (χ1) is 22.3. The van der Waals surface area contributed by atoms with Gasteiger partial charge in [-0.2, -0.15) is 0 Å². The number of nitrogens with zero attached hydrogens (tertiary/aromatic N) is 1. The Morgan fingerprint density at radius 2 is 1.49 bits per heavy atom. The van der Waals surface area contributed by atoms with Gasteiger partial charge in [0.05, 0.1) is 22.8 Å². The number of alkyl halides is 1. The molecule has 0 amide bonds. The highest BCUT2D eigenvalue weighted by molar-refractivity contribution is 9.08. The molecule has 0 saturated carbocycles. The minimum atomic E-state index is -3.55. The van der Waals surface area contributed by atoms with Gasteiger partial charge in [-0.1, -0.05) is 28.1 Å². The number of ether oxygens (including phenoxy) is 2. The van der Waals surface area contributed by atoms with Crippen molar-refractivity contribution < 1.29 is 40.2 Å². The molecule has 0 N–H and O–H groups in total. The first-order valence-electron chi connectivity index (χ1n) is 14.2. The molecule has 1 heterocycles. The van der Waals surface area contributed by atoms with Gasteiger partial charge in [0.1, 0.15) is 35.6 Å². The van der Waals surface area contributed by atoms with Gasteiger partial charge in [0, 0.05) is 46.2 Å². The number of aromatic nitrogens is 1. The summed E-state index contributed by atoms with van der Waals surface area (Å²) in [6, 6.07) is 21.7. The molecule has 12 heteroatoms. The van der Waals surface area contributed by atoms with E-state index >= 15 is 0 Å². The Kier molecular flexibility index (Phi) is 11.6. The summed E-state index contributed by atoms with van der Waals surface area (Å²) in [4.78, 5) is 12.4. The Balaban J connectivity index is 0.000000427. The molecule has 0 spiro atoms. The Morgan fingerprint density at radius 1 is 0.830 bits per heavy atom. The fourth-order valence-electron chi connectivity index (χ4n) is 4.57. The second kappa shape index (κ2) is 15.4. The quantitative estimate of drug-likeness (QED) is 0.0861. The number of benzene rings is 4. The van der Waals surface area contributed by atoms with Gasteiger partial charge in [-0.15, -0.1) is 0 Å². The van der Waals surface area contributed by atoms with Crippen LogP contribution in [0.2, 0.25) is 0 Å². The van der Waals surface area contributed by atoms with Crippen LogP contribution in [0.4, 0.5) is 17.6 Å². The van der Waals surface area contributed by atoms with E-state index in [1.807, 2.05) is 23.6 Å². The number of hydrogen-bond acceptors (Lipinski definition) is 5. The second-order valence-electron chi connectivity index (χ2n) is 10.3. The van der Waals surface area contributed by atoms with E-state index in [4.69, 9.17) is 9.47 Å². The van der Waals surface area contributed by atoms with Crippen LogP contribution in [0.15, 0.2) is 95.9 Å². The van der Waals surface area contributed by atoms with Crippen molar-refractivity contribution in [2.45, 2.75) is 30.7 Å². The third-order valence-corrected chi connectivity index (χ3v) is 8.62. The lowest BCUT2D eigenvalue weighted by molar-refractivity contribution is 0.0526. The predicted molar refractivity (Wildman–Crippen MR) is 175 cm³/mol. The van der Waals surface area contributed by atoms with Crippen molar-refractivity contribution in [2.75, 3.05) is 12.9 Å². The van der Waals surface area contributed by atoms with Gasteiger partial charge in [-0.25, -0.2) is 30.8 Å². The number of aryl methyl sites for hydroxylation is 1. The molecular formula is C35H30BrF4NO5S. The Morgan fingerprint density at radius 3 is 2.09 bits per heavy atom. The third-order valence-electron chi connectivity index (χ3n) is 6.90. The van der Waals surface area contributed by atoms with Crippen molar-refractivity contribution in [3.8, 4) is 22.7 Å². The molecule has 1 aromatic heterocycles. The van der Waals surface area contributed by atoms with Crippen LogP contribution in [-0.2, 0) is 26.5 Å². The molecule has 0 unspecified atom stereocenters. The van der Waals surface area contributed by atoms with E-state index in [-0.39, 0.29) is 23.7 Å². The number of carbonyl (C=O) groups is 1. The minimum Gasteiger partial charge on any atom is -0.488 e. The number of esters is 1. The highest BCUT2D eigenvalue weighted by Gasteiger charge is 2.19. The Hall–Kier alpha value is -4.42. The number of halogens is 5. The van der Waals surface area contributed by atoms with E-state index in [2.05, 4.69) is 15.9 Å². The molecule has 4 aromatic carbocycles. The lowest BCUT2D eigenvalue weighted by Gasteiger charge is -2.17. The summed E-state index contributed by atoms with van der Waals surface area (Å²) in [5.41, 5.74) is 3.50. The summed E-state index contributed by atoms with van der Waals surface area (Å²) in [5.74, 6) is -2.64. The standard InChI is InChI=1S/C28H25F2NO5S.C7H5BrF2/c1-4-35-28(32)19-6-5-7-22(14-19)31-18(2)8-12-26(31)24-16-23(37(3,33)34)11-13-27(24)36-17-20-9-10-21(29)15-25(20)30;8-4-5-1-2-6(9)3-7(5)10/h5-16H,4,17H2,1-3H3;1-3H,4H2. The van der Waals surface area contributed by atoms with E-state index < -0.39 is 39.1 Å². The van der Waals surface area contributed by atoms with Gasteiger partial charge < -0.3 is 14.0 Å². The molecule has 47 heavy (non-hydrogen) atoms. The predicted octanol–water partition coefficient (Wildman–Crippen LogP) is 8.75. The maximum absolute atomic E-state index is 14.2. The molecule has 0 atom stereocenters. The van der Waals surface area contributed by atoms with Crippen LogP contribution in [0.5, 0.6) is 5.75 Å². The Labute approximate surface area is 278 Å². The van der Waals surface area contributed by atoms with Gasteiger partial charge in [0.25, 0.3) is 0 Å². The molecule has 0 bridgehead atoms. The number of sulfone groups is 1. The maximum Gasteiger partial charge on any atom is 0.338 e. The monoisotopic (exact) mass is 731 g/mol. The van der Waals surface area contributed by atoms with Gasteiger partial charge >= 0.3 is 5.97 Å².